The molecule has 1 aromatic heterocycles. The second-order valence-corrected chi connectivity index (χ2v) is 6.32. The number of hydrogen-bond acceptors (Lipinski definition) is 4. The molecule has 17 heavy (non-hydrogen) atoms. The highest BCUT2D eigenvalue weighted by molar-refractivity contribution is 7.11. The summed E-state index contributed by atoms with van der Waals surface area (Å²) in [5.41, 5.74) is 1.19. The molecule has 1 saturated heterocycles. The van der Waals surface area contributed by atoms with Crippen molar-refractivity contribution < 1.29 is 0 Å². The summed E-state index contributed by atoms with van der Waals surface area (Å²) in [6.45, 7) is 11.2. The highest BCUT2D eigenvalue weighted by Crippen LogP contribution is 2.17. The molecule has 3 nitrogen and oxygen atoms in total. The summed E-state index contributed by atoms with van der Waals surface area (Å²) in [4.78, 5) is 8.40. The molecule has 2 heterocycles. The van der Waals surface area contributed by atoms with Crippen LogP contribution in [0, 0.1) is 13.8 Å². The largest absolute Gasteiger partial charge is 0.308 e. The molecule has 0 aromatic carbocycles. The number of nitrogens with one attached hydrogen (secondary N) is 1. The molecule has 0 spiro atoms. The first-order valence-corrected chi connectivity index (χ1v) is 7.35. The van der Waals surface area contributed by atoms with Crippen molar-refractivity contribution >= 4 is 11.3 Å². The zero-order chi connectivity index (χ0) is 12.3. The van der Waals surface area contributed by atoms with Gasteiger partial charge in [0.2, 0.25) is 0 Å². The van der Waals surface area contributed by atoms with Crippen LogP contribution in [0.5, 0.6) is 0 Å². The molecule has 2 rings (SSSR count). The van der Waals surface area contributed by atoms with E-state index in [9.17, 15) is 0 Å². The van der Waals surface area contributed by atoms with Crippen molar-refractivity contribution in [1.82, 2.24) is 15.2 Å². The van der Waals surface area contributed by atoms with Gasteiger partial charge in [0.25, 0.3) is 0 Å². The molecular formula is C13H23N3S. The predicted octanol–water partition coefficient (Wildman–Crippen LogP) is 2.33. The Morgan fingerprint density at radius 2 is 2.06 bits per heavy atom. The van der Waals surface area contributed by atoms with E-state index in [1.807, 2.05) is 11.3 Å². The standard InChI is InChI=1S/C13H23N3S/c1-10(9-16-6-4-5-7-16)14-8-13-11(2)15-12(3)17-13/h10,14H,4-9H2,1-3H3. The second-order valence-electron chi connectivity index (χ2n) is 5.03. The third-order valence-electron chi connectivity index (χ3n) is 3.34. The molecule has 1 atom stereocenters. The van der Waals surface area contributed by atoms with Crippen LogP contribution < -0.4 is 5.32 Å². The van der Waals surface area contributed by atoms with Crippen LogP contribution in [0.25, 0.3) is 0 Å². The molecule has 0 radical (unpaired) electrons. The number of aromatic nitrogens is 1. The lowest BCUT2D eigenvalue weighted by Crippen LogP contribution is -2.37. The van der Waals surface area contributed by atoms with Crippen LogP contribution >= 0.6 is 11.3 Å². The number of nitrogens with zero attached hydrogens (tertiary/aromatic N) is 2. The summed E-state index contributed by atoms with van der Waals surface area (Å²) in [5.74, 6) is 0. The number of aryl methyl sites for hydroxylation is 2. The van der Waals surface area contributed by atoms with Gasteiger partial charge in [-0.2, -0.15) is 0 Å². The molecule has 1 fully saturated rings. The van der Waals surface area contributed by atoms with Crippen molar-refractivity contribution in [2.24, 2.45) is 0 Å². The molecule has 0 bridgehead atoms. The van der Waals surface area contributed by atoms with Crippen LogP contribution in [-0.4, -0.2) is 35.6 Å². The van der Waals surface area contributed by atoms with Crippen molar-refractivity contribution in [3.05, 3.63) is 15.6 Å². The molecule has 1 aliphatic rings. The number of rotatable bonds is 5. The summed E-state index contributed by atoms with van der Waals surface area (Å²) >= 11 is 1.81. The third kappa shape index (κ3) is 3.76. The maximum Gasteiger partial charge on any atom is 0.0900 e. The fraction of sp³-hybridized carbons (Fsp3) is 0.769. The fourth-order valence-corrected chi connectivity index (χ4v) is 3.31. The van der Waals surface area contributed by atoms with E-state index in [1.54, 1.807) is 0 Å². The van der Waals surface area contributed by atoms with Gasteiger partial charge in [-0.05, 0) is 46.7 Å². The van der Waals surface area contributed by atoms with Crippen LogP contribution in [0.15, 0.2) is 0 Å². The lowest BCUT2D eigenvalue weighted by Gasteiger charge is -2.21. The van der Waals surface area contributed by atoms with Crippen LogP contribution in [0.4, 0.5) is 0 Å². The van der Waals surface area contributed by atoms with E-state index in [0.29, 0.717) is 6.04 Å². The first-order valence-electron chi connectivity index (χ1n) is 6.54. The normalized spacial score (nSPS) is 18.8. The van der Waals surface area contributed by atoms with E-state index in [-0.39, 0.29) is 0 Å². The molecule has 96 valence electrons. The summed E-state index contributed by atoms with van der Waals surface area (Å²) in [6.07, 6.45) is 2.75. The first-order chi connectivity index (χ1) is 8.15. The Morgan fingerprint density at radius 3 is 2.65 bits per heavy atom. The van der Waals surface area contributed by atoms with E-state index >= 15 is 0 Å². The first kappa shape index (κ1) is 13.0. The van der Waals surface area contributed by atoms with Crippen LogP contribution in [-0.2, 0) is 6.54 Å². The van der Waals surface area contributed by atoms with Gasteiger partial charge in [0.1, 0.15) is 0 Å². The summed E-state index contributed by atoms with van der Waals surface area (Å²) in [7, 11) is 0. The quantitative estimate of drug-likeness (QED) is 0.873. The van der Waals surface area contributed by atoms with Gasteiger partial charge in [-0.25, -0.2) is 4.98 Å². The topological polar surface area (TPSA) is 28.2 Å². The van der Waals surface area contributed by atoms with Crippen LogP contribution in [0.2, 0.25) is 0 Å². The molecule has 4 heteroatoms. The number of likely N-dealkylation sites (tertiary alicyclic amines) is 1. The Hall–Kier alpha value is -0.450. The summed E-state index contributed by atoms with van der Waals surface area (Å²) in [5, 5.41) is 4.78. The maximum atomic E-state index is 4.46. The molecule has 0 amide bonds. The van der Waals surface area contributed by atoms with Gasteiger partial charge in [0.15, 0.2) is 0 Å². The van der Waals surface area contributed by atoms with E-state index in [2.05, 4.69) is 36.0 Å². The minimum absolute atomic E-state index is 0.565. The molecule has 1 aliphatic heterocycles. The number of thiazole rings is 1. The highest BCUT2D eigenvalue weighted by Gasteiger charge is 2.14. The van der Waals surface area contributed by atoms with E-state index in [1.165, 1.54) is 48.1 Å². The Balaban J connectivity index is 1.75. The van der Waals surface area contributed by atoms with Gasteiger partial charge >= 0.3 is 0 Å². The van der Waals surface area contributed by atoms with E-state index in [4.69, 9.17) is 0 Å². The van der Waals surface area contributed by atoms with Gasteiger partial charge in [0.05, 0.1) is 10.7 Å². The number of hydrogen-bond donors (Lipinski definition) is 1. The monoisotopic (exact) mass is 253 g/mol. The van der Waals surface area contributed by atoms with Crippen LogP contribution in [0.3, 0.4) is 0 Å². The lowest BCUT2D eigenvalue weighted by molar-refractivity contribution is 0.298. The van der Waals surface area contributed by atoms with Gasteiger partial charge in [0, 0.05) is 24.0 Å². The SMILES string of the molecule is Cc1nc(C)c(CNC(C)CN2CCCC2)s1. The van der Waals surface area contributed by atoms with Gasteiger partial charge < -0.3 is 10.2 Å². The minimum atomic E-state index is 0.565. The Bertz CT molecular complexity index is 356. The molecule has 1 unspecified atom stereocenters. The Kier molecular flexibility index (Phi) is 4.54. The average Bonchev–Trinajstić information content (AvgIpc) is 2.86. The Labute approximate surface area is 108 Å². The van der Waals surface area contributed by atoms with Crippen molar-refractivity contribution in [3.63, 3.8) is 0 Å². The Morgan fingerprint density at radius 1 is 1.35 bits per heavy atom. The van der Waals surface area contributed by atoms with Gasteiger partial charge in [-0.1, -0.05) is 0 Å². The van der Waals surface area contributed by atoms with E-state index < -0.39 is 0 Å². The third-order valence-corrected chi connectivity index (χ3v) is 4.41. The van der Waals surface area contributed by atoms with Gasteiger partial charge in [-0.3, -0.25) is 0 Å². The summed E-state index contributed by atoms with van der Waals surface area (Å²) in [6, 6.07) is 0.565. The lowest BCUT2D eigenvalue weighted by atomic mass is 10.3. The zero-order valence-corrected chi connectivity index (χ0v) is 11.9. The molecule has 1 aromatic rings. The van der Waals surface area contributed by atoms with Crippen molar-refractivity contribution in [1.29, 1.82) is 0 Å². The minimum Gasteiger partial charge on any atom is -0.308 e. The van der Waals surface area contributed by atoms with E-state index in [0.717, 1.165) is 6.54 Å². The second kappa shape index (κ2) is 5.94. The molecule has 1 N–H and O–H groups in total. The molecule has 0 aliphatic carbocycles. The maximum absolute atomic E-state index is 4.46. The molecular weight excluding hydrogens is 230 g/mol. The summed E-state index contributed by atoms with van der Waals surface area (Å²) < 4.78 is 0. The van der Waals surface area contributed by atoms with Crippen LogP contribution in [0.1, 0.15) is 35.3 Å². The van der Waals surface area contributed by atoms with Crippen molar-refractivity contribution in [2.45, 2.75) is 46.2 Å². The zero-order valence-electron chi connectivity index (χ0n) is 11.1. The van der Waals surface area contributed by atoms with Crippen molar-refractivity contribution in [3.8, 4) is 0 Å². The van der Waals surface area contributed by atoms with Gasteiger partial charge in [-0.15, -0.1) is 11.3 Å². The molecule has 0 saturated carbocycles. The highest BCUT2D eigenvalue weighted by atomic mass is 32.1. The average molecular weight is 253 g/mol. The fourth-order valence-electron chi connectivity index (χ4n) is 2.42. The predicted molar refractivity (Wildman–Crippen MR) is 73.6 cm³/mol. The van der Waals surface area contributed by atoms with Crippen molar-refractivity contribution in [2.75, 3.05) is 19.6 Å². The smallest absolute Gasteiger partial charge is 0.0900 e.